The highest BCUT2D eigenvalue weighted by Crippen LogP contribution is 2.37. The molecule has 5 nitrogen and oxygen atoms in total. The van der Waals surface area contributed by atoms with E-state index in [-0.39, 0.29) is 0 Å². The van der Waals surface area contributed by atoms with Gasteiger partial charge in [-0.15, -0.1) is 5.43 Å². The van der Waals surface area contributed by atoms with E-state index in [4.69, 9.17) is 0 Å². The zero-order valence-corrected chi connectivity index (χ0v) is 21.1. The average molecular weight is 486 g/mol. The van der Waals surface area contributed by atoms with Crippen LogP contribution in [0.25, 0.3) is 0 Å². The average Bonchev–Trinajstić information content (AvgIpc) is 2.97. The topological polar surface area (TPSA) is 79.7 Å². The van der Waals surface area contributed by atoms with Crippen LogP contribution in [0.2, 0.25) is 0 Å². The highest BCUT2D eigenvalue weighted by molar-refractivity contribution is 5.52. The number of rotatable bonds is 9. The van der Waals surface area contributed by atoms with E-state index in [1.807, 2.05) is 111 Å². The van der Waals surface area contributed by atoms with Crippen LogP contribution in [-0.2, 0) is 10.8 Å². The van der Waals surface area contributed by atoms with Crippen LogP contribution >= 0.6 is 0 Å². The summed E-state index contributed by atoms with van der Waals surface area (Å²) >= 11 is 0. The lowest BCUT2D eigenvalue weighted by Crippen LogP contribution is -2.25. The first-order chi connectivity index (χ1) is 18.0. The van der Waals surface area contributed by atoms with E-state index < -0.39 is 10.8 Å². The van der Waals surface area contributed by atoms with Gasteiger partial charge in [0.05, 0.1) is 17.0 Å². The summed E-state index contributed by atoms with van der Waals surface area (Å²) in [6.07, 6.45) is 1.24. The first-order valence-corrected chi connectivity index (χ1v) is 12.4. The molecule has 0 heterocycles. The molecule has 4 aromatic carbocycles. The predicted molar refractivity (Wildman–Crippen MR) is 146 cm³/mol. The Morgan fingerprint density at radius 2 is 1.00 bits per heavy atom. The number of nitrogens with zero attached hydrogens (tertiary/aromatic N) is 3. The molecule has 0 aromatic heterocycles. The van der Waals surface area contributed by atoms with Gasteiger partial charge in [0.1, 0.15) is 16.5 Å². The van der Waals surface area contributed by atoms with E-state index in [1.54, 1.807) is 12.1 Å². The van der Waals surface area contributed by atoms with Crippen molar-refractivity contribution >= 4 is 11.4 Å². The predicted octanol–water partition coefficient (Wildman–Crippen LogP) is 7.56. The van der Waals surface area contributed by atoms with Gasteiger partial charge in [-0.25, -0.2) is 0 Å². The number of nitrogens with one attached hydrogen (secondary N) is 1. The first-order valence-electron chi connectivity index (χ1n) is 12.4. The zero-order chi connectivity index (χ0) is 26.3. The minimum Gasteiger partial charge on any atom is -0.197 e. The summed E-state index contributed by atoms with van der Waals surface area (Å²) in [6.45, 7) is 4.00. The van der Waals surface area contributed by atoms with Gasteiger partial charge in [-0.2, -0.15) is 10.5 Å². The summed E-state index contributed by atoms with van der Waals surface area (Å²) in [6, 6.07) is 39.0. The maximum absolute atomic E-state index is 12.9. The lowest BCUT2D eigenvalue weighted by molar-refractivity contribution is -0.427. The Kier molecular flexibility index (Phi) is 7.47. The third-order valence-electron chi connectivity index (χ3n) is 7.18. The number of anilines is 1. The van der Waals surface area contributed by atoms with Crippen LogP contribution in [0.1, 0.15) is 48.9 Å². The molecule has 5 heteroatoms. The molecule has 0 aliphatic carbocycles. The van der Waals surface area contributed by atoms with Crippen LogP contribution < -0.4 is 5.43 Å². The molecule has 0 fully saturated rings. The van der Waals surface area contributed by atoms with Crippen molar-refractivity contribution in [1.29, 1.82) is 10.5 Å². The van der Waals surface area contributed by atoms with E-state index in [9.17, 15) is 15.4 Å². The van der Waals surface area contributed by atoms with Crippen LogP contribution in [0.15, 0.2) is 109 Å². The van der Waals surface area contributed by atoms with E-state index in [0.717, 1.165) is 22.3 Å². The molecule has 1 N–H and O–H groups in total. The highest BCUT2D eigenvalue weighted by Gasteiger charge is 2.34. The quantitative estimate of drug-likeness (QED) is 0.196. The van der Waals surface area contributed by atoms with E-state index in [2.05, 4.69) is 17.6 Å². The summed E-state index contributed by atoms with van der Waals surface area (Å²) in [5, 5.41) is 20.2. The third-order valence-corrected chi connectivity index (χ3v) is 7.18. The molecule has 4 aromatic rings. The van der Waals surface area contributed by atoms with Gasteiger partial charge >= 0.3 is 0 Å². The Labute approximate surface area is 218 Å². The highest BCUT2D eigenvalue weighted by atomic mass is 16.3. The van der Waals surface area contributed by atoms with Crippen molar-refractivity contribution in [3.05, 3.63) is 136 Å². The SMILES string of the molecule is CC[C@](C#N)(c1ccccc1)c1ccc(N[N+](=O)c2ccc([C@](C#N)(CC)c3ccccc3)cc2)cc1. The first kappa shape index (κ1) is 25.4. The molecule has 0 spiro atoms. The Bertz CT molecular complexity index is 1440. The summed E-state index contributed by atoms with van der Waals surface area (Å²) in [4.78, 5) is 13.6. The van der Waals surface area contributed by atoms with Crippen molar-refractivity contribution in [2.75, 3.05) is 5.43 Å². The van der Waals surface area contributed by atoms with Gasteiger partial charge < -0.3 is 0 Å². The van der Waals surface area contributed by atoms with Gasteiger partial charge in [0, 0.05) is 12.1 Å². The van der Waals surface area contributed by atoms with Crippen LogP contribution in [0.4, 0.5) is 11.4 Å². The zero-order valence-electron chi connectivity index (χ0n) is 21.1. The van der Waals surface area contributed by atoms with Gasteiger partial charge in [0.2, 0.25) is 0 Å². The molecule has 37 heavy (non-hydrogen) atoms. The van der Waals surface area contributed by atoms with Crippen molar-refractivity contribution in [1.82, 2.24) is 0 Å². The fourth-order valence-corrected chi connectivity index (χ4v) is 4.90. The number of benzene rings is 4. The monoisotopic (exact) mass is 485 g/mol. The molecule has 0 aliphatic rings. The standard InChI is InChI=1S/C32H29N4O/c1-3-31(23-33,25-11-7-5-8-12-25)27-15-19-29(20-16-27)35-36(37)30-21-17-28(18-22-30)32(4-2,24-34)26-13-9-6-10-14-26/h5-22H,3-4H2,1-2H3,(H,35,37)/q+1/t31-,32-/m0/s1. The molecule has 0 saturated carbocycles. The van der Waals surface area contributed by atoms with Gasteiger partial charge in [0.15, 0.2) is 4.87 Å². The van der Waals surface area contributed by atoms with Crippen molar-refractivity contribution < 1.29 is 4.87 Å². The fourth-order valence-electron chi connectivity index (χ4n) is 4.90. The van der Waals surface area contributed by atoms with Crippen LogP contribution in [0.5, 0.6) is 0 Å². The number of hydrogen-bond donors (Lipinski definition) is 1. The van der Waals surface area contributed by atoms with Gasteiger partial charge in [-0.3, -0.25) is 0 Å². The molecule has 0 saturated heterocycles. The number of nitriles is 2. The number of hydrogen-bond acceptors (Lipinski definition) is 3. The molecule has 0 unspecified atom stereocenters. The second-order valence-corrected chi connectivity index (χ2v) is 9.00. The molecule has 2 atom stereocenters. The number of hydrazine groups is 1. The minimum absolute atomic E-state index is 0.424. The lowest BCUT2D eigenvalue weighted by Gasteiger charge is -2.26. The molecular formula is C32H29N4O+. The Morgan fingerprint density at radius 3 is 1.38 bits per heavy atom. The van der Waals surface area contributed by atoms with Gasteiger partial charge in [0.25, 0.3) is 5.69 Å². The second-order valence-electron chi connectivity index (χ2n) is 9.00. The van der Waals surface area contributed by atoms with Crippen molar-refractivity contribution in [2.24, 2.45) is 0 Å². The van der Waals surface area contributed by atoms with Gasteiger partial charge in [-0.05, 0) is 47.2 Å². The fraction of sp³-hybridized carbons (Fsp3) is 0.188. The van der Waals surface area contributed by atoms with Crippen molar-refractivity contribution in [3.8, 4) is 12.1 Å². The van der Waals surface area contributed by atoms with E-state index >= 15 is 0 Å². The minimum atomic E-state index is -0.776. The van der Waals surface area contributed by atoms with Crippen molar-refractivity contribution in [3.63, 3.8) is 0 Å². The Balaban J connectivity index is 1.54. The van der Waals surface area contributed by atoms with E-state index in [0.29, 0.717) is 29.1 Å². The van der Waals surface area contributed by atoms with Crippen LogP contribution in [0.3, 0.4) is 0 Å². The molecular weight excluding hydrogens is 456 g/mol. The van der Waals surface area contributed by atoms with Crippen LogP contribution in [-0.4, -0.2) is 4.87 Å². The maximum atomic E-state index is 12.9. The summed E-state index contributed by atoms with van der Waals surface area (Å²) in [5.74, 6) is 0. The summed E-state index contributed by atoms with van der Waals surface area (Å²) < 4.78 is 0. The van der Waals surface area contributed by atoms with Gasteiger partial charge in [-0.1, -0.05) is 98.8 Å². The second kappa shape index (κ2) is 10.9. The molecule has 0 bridgehead atoms. The summed E-state index contributed by atoms with van der Waals surface area (Å²) in [7, 11) is 0. The smallest absolute Gasteiger partial charge is 0.197 e. The van der Waals surface area contributed by atoms with E-state index in [1.165, 1.54) is 0 Å². The normalized spacial score (nSPS) is 13.8. The molecule has 182 valence electrons. The summed E-state index contributed by atoms with van der Waals surface area (Å²) in [5.41, 5.74) is 5.97. The molecule has 0 radical (unpaired) electrons. The maximum Gasteiger partial charge on any atom is 0.292 e. The van der Waals surface area contributed by atoms with Crippen LogP contribution in [0, 0.1) is 27.6 Å². The lowest BCUT2D eigenvalue weighted by atomic mass is 9.74. The number of nitroso groups, excluding NO2 is 1. The Morgan fingerprint density at radius 1 is 0.622 bits per heavy atom. The van der Waals surface area contributed by atoms with Crippen molar-refractivity contribution in [2.45, 2.75) is 37.5 Å². The molecule has 4 rings (SSSR count). The molecule has 0 aliphatic heterocycles. The Hall–Kier alpha value is -4.74. The largest absolute Gasteiger partial charge is 0.292 e. The third kappa shape index (κ3) is 4.73. The molecule has 0 amide bonds.